The summed E-state index contributed by atoms with van der Waals surface area (Å²) in [4.78, 5) is 10.5. The van der Waals surface area contributed by atoms with Gasteiger partial charge in [-0.15, -0.1) is 0 Å². The number of carbonyl (C=O) groups is 1. The molecule has 0 heterocycles. The molecule has 1 atom stereocenters. The normalized spacial score (nSPS) is 13.9. The third kappa shape index (κ3) is 8.19. The minimum Gasteiger partial charge on any atom is -0.479 e. The Hall–Kier alpha value is -0.820. The van der Waals surface area contributed by atoms with Gasteiger partial charge in [0.05, 0.1) is 6.61 Å². The van der Waals surface area contributed by atoms with Gasteiger partial charge in [-0.1, -0.05) is 0 Å². The predicted octanol–water partition coefficient (Wildman–Crippen LogP) is 1.45. The molecule has 0 rings (SSSR count). The van der Waals surface area contributed by atoms with Gasteiger partial charge in [0.2, 0.25) is 0 Å². The highest BCUT2D eigenvalue weighted by Crippen LogP contribution is 2.14. The SMILES string of the molecule is CCOC(CCOCC(F)(F)F)C(=O)O. The molecule has 0 amide bonds. The number of carboxylic acids is 1. The van der Waals surface area contributed by atoms with Gasteiger partial charge in [0.1, 0.15) is 6.61 Å². The first-order chi connectivity index (χ1) is 6.87. The molecule has 0 spiro atoms. The lowest BCUT2D eigenvalue weighted by atomic mass is 10.2. The van der Waals surface area contributed by atoms with Crippen molar-refractivity contribution in [3.8, 4) is 0 Å². The summed E-state index contributed by atoms with van der Waals surface area (Å²) in [7, 11) is 0. The first-order valence-electron chi connectivity index (χ1n) is 4.35. The van der Waals surface area contributed by atoms with Gasteiger partial charge in [0.25, 0.3) is 0 Å². The van der Waals surface area contributed by atoms with Crippen LogP contribution in [0, 0.1) is 0 Å². The number of alkyl halides is 3. The number of carboxylic acid groups (broad SMARTS) is 1. The van der Waals surface area contributed by atoms with E-state index in [-0.39, 0.29) is 19.6 Å². The molecule has 0 saturated heterocycles. The average Bonchev–Trinajstić information content (AvgIpc) is 2.08. The van der Waals surface area contributed by atoms with Crippen LogP contribution in [0.1, 0.15) is 13.3 Å². The van der Waals surface area contributed by atoms with Crippen LogP contribution in [-0.4, -0.2) is 43.2 Å². The molecule has 0 bridgehead atoms. The first-order valence-corrected chi connectivity index (χ1v) is 4.35. The van der Waals surface area contributed by atoms with E-state index in [1.165, 1.54) is 0 Å². The van der Waals surface area contributed by atoms with E-state index in [0.29, 0.717) is 0 Å². The molecule has 1 unspecified atom stereocenters. The number of aliphatic carboxylic acids is 1. The first kappa shape index (κ1) is 14.2. The molecule has 1 N–H and O–H groups in total. The van der Waals surface area contributed by atoms with Gasteiger partial charge in [0.15, 0.2) is 6.10 Å². The molecular formula is C8H13F3O4. The molecule has 0 aliphatic rings. The maximum atomic E-state index is 11.6. The molecule has 0 aromatic heterocycles. The van der Waals surface area contributed by atoms with Crippen molar-refractivity contribution in [3.63, 3.8) is 0 Å². The number of rotatable bonds is 7. The van der Waals surface area contributed by atoms with Crippen LogP contribution in [0.25, 0.3) is 0 Å². The van der Waals surface area contributed by atoms with Gasteiger partial charge in [-0.25, -0.2) is 4.79 Å². The van der Waals surface area contributed by atoms with Gasteiger partial charge >= 0.3 is 12.1 Å². The summed E-state index contributed by atoms with van der Waals surface area (Å²) in [5.41, 5.74) is 0. The lowest BCUT2D eigenvalue weighted by Crippen LogP contribution is -2.26. The molecule has 4 nitrogen and oxygen atoms in total. The Balaban J connectivity index is 3.67. The van der Waals surface area contributed by atoms with E-state index in [1.54, 1.807) is 6.92 Å². The van der Waals surface area contributed by atoms with Crippen LogP contribution in [0.2, 0.25) is 0 Å². The minimum atomic E-state index is -4.38. The third-order valence-corrected chi connectivity index (χ3v) is 1.43. The second-order valence-electron chi connectivity index (χ2n) is 2.74. The maximum Gasteiger partial charge on any atom is 0.411 e. The fourth-order valence-electron chi connectivity index (χ4n) is 0.858. The summed E-state index contributed by atoms with van der Waals surface area (Å²) in [5, 5.41) is 8.56. The second kappa shape index (κ2) is 6.62. The largest absolute Gasteiger partial charge is 0.479 e. The topological polar surface area (TPSA) is 55.8 Å². The lowest BCUT2D eigenvalue weighted by Gasteiger charge is -2.12. The standard InChI is InChI=1S/C8H13F3O4/c1-2-15-6(7(12)13)3-4-14-5-8(9,10)11/h6H,2-5H2,1H3,(H,12,13). The van der Waals surface area contributed by atoms with Gasteiger partial charge in [-0.3, -0.25) is 0 Å². The zero-order valence-electron chi connectivity index (χ0n) is 8.21. The molecule has 0 aliphatic carbocycles. The van der Waals surface area contributed by atoms with E-state index in [1.807, 2.05) is 0 Å². The molecule has 15 heavy (non-hydrogen) atoms. The van der Waals surface area contributed by atoms with Crippen LogP contribution in [0.15, 0.2) is 0 Å². The summed E-state index contributed by atoms with van der Waals surface area (Å²) >= 11 is 0. The van der Waals surface area contributed by atoms with E-state index in [2.05, 4.69) is 4.74 Å². The molecule has 90 valence electrons. The van der Waals surface area contributed by atoms with E-state index in [9.17, 15) is 18.0 Å². The van der Waals surface area contributed by atoms with Crippen molar-refractivity contribution in [2.45, 2.75) is 25.6 Å². The zero-order chi connectivity index (χ0) is 11.9. The second-order valence-corrected chi connectivity index (χ2v) is 2.74. The van der Waals surface area contributed by atoms with Crippen molar-refractivity contribution in [1.82, 2.24) is 0 Å². The Bertz CT molecular complexity index is 193. The van der Waals surface area contributed by atoms with Crippen LogP contribution in [0.3, 0.4) is 0 Å². The highest BCUT2D eigenvalue weighted by Gasteiger charge is 2.27. The Labute approximate surface area is 85.0 Å². The van der Waals surface area contributed by atoms with Gasteiger partial charge < -0.3 is 14.6 Å². The molecule has 7 heteroatoms. The Morgan fingerprint density at radius 1 is 1.47 bits per heavy atom. The van der Waals surface area contributed by atoms with Crippen molar-refractivity contribution < 1.29 is 32.5 Å². The van der Waals surface area contributed by atoms with Crippen LogP contribution < -0.4 is 0 Å². The van der Waals surface area contributed by atoms with E-state index in [0.717, 1.165) is 0 Å². The van der Waals surface area contributed by atoms with E-state index in [4.69, 9.17) is 9.84 Å². The molecule has 0 aliphatic heterocycles. The Morgan fingerprint density at radius 2 is 2.07 bits per heavy atom. The number of halogens is 3. The summed E-state index contributed by atoms with van der Waals surface area (Å²) in [5.74, 6) is -1.20. The molecule has 0 aromatic carbocycles. The van der Waals surface area contributed by atoms with E-state index >= 15 is 0 Å². The van der Waals surface area contributed by atoms with Crippen LogP contribution in [0.5, 0.6) is 0 Å². The highest BCUT2D eigenvalue weighted by molar-refractivity contribution is 5.72. The van der Waals surface area contributed by atoms with E-state index < -0.39 is 24.9 Å². The van der Waals surface area contributed by atoms with Crippen molar-refractivity contribution in [2.75, 3.05) is 19.8 Å². The minimum absolute atomic E-state index is 0.0980. The number of hydrogen-bond acceptors (Lipinski definition) is 3. The van der Waals surface area contributed by atoms with Crippen molar-refractivity contribution >= 4 is 5.97 Å². The number of ether oxygens (including phenoxy) is 2. The Morgan fingerprint density at radius 3 is 2.47 bits per heavy atom. The quantitative estimate of drug-likeness (QED) is 0.672. The number of hydrogen-bond donors (Lipinski definition) is 1. The lowest BCUT2D eigenvalue weighted by molar-refractivity contribution is -0.176. The van der Waals surface area contributed by atoms with Crippen molar-refractivity contribution in [3.05, 3.63) is 0 Å². The molecule has 0 fully saturated rings. The van der Waals surface area contributed by atoms with Gasteiger partial charge in [-0.05, 0) is 6.92 Å². The predicted molar refractivity (Wildman–Crippen MR) is 44.5 cm³/mol. The summed E-state index contributed by atoms with van der Waals surface area (Å²) < 4.78 is 43.9. The summed E-state index contributed by atoms with van der Waals surface area (Å²) in [6.45, 7) is 0.130. The van der Waals surface area contributed by atoms with Crippen LogP contribution >= 0.6 is 0 Å². The van der Waals surface area contributed by atoms with Crippen molar-refractivity contribution in [2.24, 2.45) is 0 Å². The fraction of sp³-hybridized carbons (Fsp3) is 0.875. The maximum absolute atomic E-state index is 11.6. The molecular weight excluding hydrogens is 217 g/mol. The van der Waals surface area contributed by atoms with Gasteiger partial charge in [0, 0.05) is 13.0 Å². The average molecular weight is 230 g/mol. The smallest absolute Gasteiger partial charge is 0.411 e. The third-order valence-electron chi connectivity index (χ3n) is 1.43. The zero-order valence-corrected chi connectivity index (χ0v) is 8.21. The van der Waals surface area contributed by atoms with Crippen LogP contribution in [0.4, 0.5) is 13.2 Å². The Kier molecular flexibility index (Phi) is 6.26. The summed E-state index contributed by atoms with van der Waals surface area (Å²) in [6.07, 6.45) is -5.59. The molecule has 0 saturated carbocycles. The van der Waals surface area contributed by atoms with Crippen LogP contribution in [-0.2, 0) is 14.3 Å². The summed E-state index contributed by atoms with van der Waals surface area (Å²) in [6, 6.07) is 0. The molecule has 0 aromatic rings. The van der Waals surface area contributed by atoms with Crippen molar-refractivity contribution in [1.29, 1.82) is 0 Å². The fourth-order valence-corrected chi connectivity index (χ4v) is 0.858. The van der Waals surface area contributed by atoms with Gasteiger partial charge in [-0.2, -0.15) is 13.2 Å². The highest BCUT2D eigenvalue weighted by atomic mass is 19.4. The monoisotopic (exact) mass is 230 g/mol. The molecule has 0 radical (unpaired) electrons.